The fourth-order valence-electron chi connectivity index (χ4n) is 3.19. The molecule has 0 saturated heterocycles. The zero-order valence-corrected chi connectivity index (χ0v) is 19.7. The maximum Gasteiger partial charge on any atom is 0.336 e. The maximum absolute atomic E-state index is 12.0. The number of carboxylic acids is 1. The van der Waals surface area contributed by atoms with Crippen LogP contribution < -0.4 is 14.2 Å². The van der Waals surface area contributed by atoms with Crippen LogP contribution in [-0.2, 0) is 14.3 Å². The van der Waals surface area contributed by atoms with E-state index in [1.807, 2.05) is 12.1 Å². The number of hydrogen-bond acceptors (Lipinski definition) is 6. The van der Waals surface area contributed by atoms with Crippen molar-refractivity contribution in [2.45, 2.75) is 6.92 Å². The van der Waals surface area contributed by atoms with Gasteiger partial charge in [-0.1, -0.05) is 24.3 Å². The van der Waals surface area contributed by atoms with Crippen molar-refractivity contribution in [3.63, 3.8) is 0 Å². The molecule has 35 heavy (non-hydrogen) atoms. The van der Waals surface area contributed by atoms with E-state index in [1.165, 1.54) is 20.3 Å². The van der Waals surface area contributed by atoms with Gasteiger partial charge in [0.1, 0.15) is 23.0 Å². The van der Waals surface area contributed by atoms with Gasteiger partial charge in [0, 0.05) is 12.1 Å². The lowest BCUT2D eigenvalue weighted by Gasteiger charge is -2.09. The molecule has 0 radical (unpaired) electrons. The number of carbonyl (C=O) groups is 2. The number of hydrogen-bond donors (Lipinski definition) is 1. The van der Waals surface area contributed by atoms with Gasteiger partial charge in [0.25, 0.3) is 0 Å². The van der Waals surface area contributed by atoms with Gasteiger partial charge >= 0.3 is 11.9 Å². The number of esters is 1. The smallest absolute Gasteiger partial charge is 0.336 e. The van der Waals surface area contributed by atoms with Gasteiger partial charge in [0.05, 0.1) is 26.4 Å². The van der Waals surface area contributed by atoms with Crippen LogP contribution in [0.1, 0.15) is 23.6 Å². The van der Waals surface area contributed by atoms with Crippen molar-refractivity contribution in [2.75, 3.05) is 20.8 Å². The lowest BCUT2D eigenvalue weighted by Crippen LogP contribution is -2.00. The van der Waals surface area contributed by atoms with Crippen LogP contribution in [0.3, 0.4) is 0 Å². The van der Waals surface area contributed by atoms with Gasteiger partial charge in [-0.25, -0.2) is 9.59 Å². The monoisotopic (exact) mass is 474 g/mol. The lowest BCUT2D eigenvalue weighted by atomic mass is 10.0. The summed E-state index contributed by atoms with van der Waals surface area (Å²) in [5, 5.41) is 9.78. The summed E-state index contributed by atoms with van der Waals surface area (Å²) in [5.41, 5.74) is 2.10. The van der Waals surface area contributed by atoms with E-state index in [1.54, 1.807) is 73.7 Å². The van der Waals surface area contributed by atoms with E-state index < -0.39 is 11.9 Å². The number of methoxy groups -OCH3 is 2. The van der Waals surface area contributed by atoms with Gasteiger partial charge in [-0.3, -0.25) is 0 Å². The first-order chi connectivity index (χ1) is 16.9. The topological polar surface area (TPSA) is 91.3 Å². The van der Waals surface area contributed by atoms with Crippen molar-refractivity contribution in [1.29, 1.82) is 0 Å². The van der Waals surface area contributed by atoms with Crippen molar-refractivity contribution in [3.05, 3.63) is 89.5 Å². The zero-order valence-electron chi connectivity index (χ0n) is 19.7. The molecule has 0 aliphatic carbocycles. The van der Waals surface area contributed by atoms with Gasteiger partial charge in [-0.2, -0.15) is 0 Å². The molecule has 180 valence electrons. The first kappa shape index (κ1) is 25.1. The Morgan fingerprint density at radius 3 is 1.89 bits per heavy atom. The number of benzene rings is 3. The van der Waals surface area contributed by atoms with E-state index in [-0.39, 0.29) is 5.57 Å². The third-order valence-corrected chi connectivity index (χ3v) is 4.89. The van der Waals surface area contributed by atoms with Crippen LogP contribution in [0, 0.1) is 0 Å². The summed E-state index contributed by atoms with van der Waals surface area (Å²) in [5.74, 6) is 0.818. The third kappa shape index (κ3) is 7.23. The summed E-state index contributed by atoms with van der Waals surface area (Å²) < 4.78 is 21.2. The van der Waals surface area contributed by atoms with Crippen molar-refractivity contribution < 1.29 is 33.6 Å². The number of aliphatic carboxylic acids is 1. The lowest BCUT2D eigenvalue weighted by molar-refractivity contribution is -0.137. The Balaban J connectivity index is 1.75. The van der Waals surface area contributed by atoms with Crippen LogP contribution in [-0.4, -0.2) is 37.9 Å². The van der Waals surface area contributed by atoms with E-state index in [0.717, 1.165) is 5.56 Å². The number of ether oxygens (including phenoxy) is 4. The van der Waals surface area contributed by atoms with Gasteiger partial charge in [0.15, 0.2) is 0 Å². The summed E-state index contributed by atoms with van der Waals surface area (Å²) in [4.78, 5) is 23.4. The molecule has 0 bridgehead atoms. The standard InChI is InChI=1S/C28H26O7/c1-4-34-27(29)14-7-19-5-10-22(11-6-19)35-23-12-8-21(9-13-23)26(28(30)31)17-20-15-24(32-2)18-25(16-20)33-3/h5-18H,4H2,1-3H3,(H,30,31). The van der Waals surface area contributed by atoms with Crippen LogP contribution in [0.4, 0.5) is 0 Å². The Bertz CT molecular complexity index is 1200. The Morgan fingerprint density at radius 1 is 0.800 bits per heavy atom. The molecule has 0 aliphatic rings. The first-order valence-electron chi connectivity index (χ1n) is 10.8. The predicted octanol–water partition coefficient (Wildman–Crippen LogP) is 5.70. The Hall–Kier alpha value is -4.52. The molecule has 0 spiro atoms. The van der Waals surface area contributed by atoms with Gasteiger partial charge < -0.3 is 24.1 Å². The van der Waals surface area contributed by atoms with Crippen LogP contribution in [0.15, 0.2) is 72.8 Å². The summed E-state index contributed by atoms with van der Waals surface area (Å²) in [7, 11) is 3.07. The fraction of sp³-hybridized carbons (Fsp3) is 0.143. The van der Waals surface area contributed by atoms with Crippen LogP contribution in [0.25, 0.3) is 17.7 Å². The van der Waals surface area contributed by atoms with Crippen LogP contribution in [0.5, 0.6) is 23.0 Å². The van der Waals surface area contributed by atoms with E-state index in [9.17, 15) is 14.7 Å². The second-order valence-corrected chi connectivity index (χ2v) is 7.29. The molecular weight excluding hydrogens is 448 g/mol. The average Bonchev–Trinajstić information content (AvgIpc) is 2.87. The van der Waals surface area contributed by atoms with Gasteiger partial charge in [0.2, 0.25) is 0 Å². The molecule has 0 aromatic heterocycles. The molecule has 3 aromatic carbocycles. The minimum Gasteiger partial charge on any atom is -0.497 e. The van der Waals surface area contributed by atoms with Gasteiger partial charge in [-0.15, -0.1) is 0 Å². The Morgan fingerprint density at radius 2 is 1.37 bits per heavy atom. The normalized spacial score (nSPS) is 11.2. The van der Waals surface area contributed by atoms with E-state index in [2.05, 4.69) is 0 Å². The predicted molar refractivity (Wildman–Crippen MR) is 134 cm³/mol. The molecule has 0 amide bonds. The molecular formula is C28H26O7. The molecule has 0 saturated carbocycles. The molecule has 7 heteroatoms. The van der Waals surface area contributed by atoms with Crippen LogP contribution in [0.2, 0.25) is 0 Å². The molecule has 3 aromatic rings. The van der Waals surface area contributed by atoms with E-state index >= 15 is 0 Å². The Kier molecular flexibility index (Phi) is 8.67. The second-order valence-electron chi connectivity index (χ2n) is 7.29. The highest BCUT2D eigenvalue weighted by atomic mass is 16.5. The molecule has 7 nitrogen and oxygen atoms in total. The first-order valence-corrected chi connectivity index (χ1v) is 10.8. The molecule has 0 atom stereocenters. The average molecular weight is 475 g/mol. The van der Waals surface area contributed by atoms with E-state index in [0.29, 0.717) is 40.7 Å². The summed E-state index contributed by atoms with van der Waals surface area (Å²) in [6.07, 6.45) is 4.59. The zero-order chi connectivity index (χ0) is 25.2. The second kappa shape index (κ2) is 12.1. The highest BCUT2D eigenvalue weighted by molar-refractivity contribution is 6.20. The largest absolute Gasteiger partial charge is 0.497 e. The number of carbonyl (C=O) groups excluding carboxylic acids is 1. The van der Waals surface area contributed by atoms with E-state index in [4.69, 9.17) is 18.9 Å². The SMILES string of the molecule is CCOC(=O)C=Cc1ccc(Oc2ccc(C(=Cc3cc(OC)cc(OC)c3)C(=O)O)cc2)cc1. The van der Waals surface area contributed by atoms with Crippen molar-refractivity contribution >= 4 is 29.7 Å². The minimum absolute atomic E-state index is 0.115. The fourth-order valence-corrected chi connectivity index (χ4v) is 3.19. The summed E-state index contributed by atoms with van der Waals surface area (Å²) in [6, 6.07) is 19.1. The minimum atomic E-state index is -1.06. The van der Waals surface area contributed by atoms with Crippen LogP contribution >= 0.6 is 0 Å². The third-order valence-electron chi connectivity index (χ3n) is 4.89. The molecule has 3 rings (SSSR count). The van der Waals surface area contributed by atoms with Crippen molar-refractivity contribution in [3.8, 4) is 23.0 Å². The highest BCUT2D eigenvalue weighted by Gasteiger charge is 2.12. The summed E-state index contributed by atoms with van der Waals surface area (Å²) in [6.45, 7) is 2.08. The quantitative estimate of drug-likeness (QED) is 0.229. The molecule has 0 heterocycles. The molecule has 0 unspecified atom stereocenters. The molecule has 0 aliphatic heterocycles. The maximum atomic E-state index is 12.0. The van der Waals surface area contributed by atoms with Crippen molar-refractivity contribution in [2.24, 2.45) is 0 Å². The molecule has 1 N–H and O–H groups in total. The summed E-state index contributed by atoms with van der Waals surface area (Å²) >= 11 is 0. The highest BCUT2D eigenvalue weighted by Crippen LogP contribution is 2.28. The van der Waals surface area contributed by atoms with Crippen molar-refractivity contribution in [1.82, 2.24) is 0 Å². The number of carboxylic acid groups (broad SMARTS) is 1. The van der Waals surface area contributed by atoms with Gasteiger partial charge in [-0.05, 0) is 72.2 Å². The Labute approximate surface area is 203 Å². The molecule has 0 fully saturated rings. The number of rotatable bonds is 10.